The van der Waals surface area contributed by atoms with Gasteiger partial charge in [-0.3, -0.25) is 4.90 Å². The average Bonchev–Trinajstić information content (AvgIpc) is 2.90. The van der Waals surface area contributed by atoms with Crippen LogP contribution in [0.2, 0.25) is 0 Å². The van der Waals surface area contributed by atoms with Crippen LogP contribution in [0.1, 0.15) is 30.4 Å². The fourth-order valence-corrected chi connectivity index (χ4v) is 3.38. The van der Waals surface area contributed by atoms with Crippen molar-refractivity contribution in [3.05, 3.63) is 35.1 Å². The molecule has 0 bridgehead atoms. The van der Waals surface area contributed by atoms with Crippen LogP contribution in [0.4, 0.5) is 4.39 Å². The van der Waals surface area contributed by atoms with E-state index in [9.17, 15) is 4.39 Å². The van der Waals surface area contributed by atoms with E-state index in [-0.39, 0.29) is 10.8 Å². The van der Waals surface area contributed by atoms with Gasteiger partial charge in [-0.1, -0.05) is 24.4 Å². The molecule has 1 heterocycles. The Hall–Kier alpha value is -1.04. The molecule has 2 fully saturated rings. The number of fused-ring (bicyclic) bond motifs is 1. The molecule has 5 heteroatoms. The van der Waals surface area contributed by atoms with Crippen LogP contribution in [0.25, 0.3) is 0 Å². The highest BCUT2D eigenvalue weighted by Gasteiger charge is 2.36. The molecule has 108 valence electrons. The molecule has 0 spiro atoms. The molecule has 1 aliphatic carbocycles. The van der Waals surface area contributed by atoms with Crippen molar-refractivity contribution in [3.8, 4) is 0 Å². The molecule has 3 nitrogen and oxygen atoms in total. The van der Waals surface area contributed by atoms with Crippen LogP contribution in [0.15, 0.2) is 18.2 Å². The minimum absolute atomic E-state index is 0.226. The zero-order valence-electron chi connectivity index (χ0n) is 11.3. The average molecular weight is 294 g/mol. The molecular weight excluding hydrogens is 275 g/mol. The Labute approximate surface area is 123 Å². The third-order valence-corrected chi connectivity index (χ3v) is 4.54. The first-order valence-electron chi connectivity index (χ1n) is 7.09. The molecule has 2 atom stereocenters. The van der Waals surface area contributed by atoms with Gasteiger partial charge in [0.2, 0.25) is 0 Å². The lowest BCUT2D eigenvalue weighted by Gasteiger charge is -2.37. The van der Waals surface area contributed by atoms with Gasteiger partial charge >= 0.3 is 0 Å². The smallest absolute Gasteiger partial charge is 0.128 e. The predicted octanol–water partition coefficient (Wildman–Crippen LogP) is 2.21. The van der Waals surface area contributed by atoms with E-state index in [4.69, 9.17) is 22.7 Å². The normalized spacial score (nSPS) is 26.4. The summed E-state index contributed by atoms with van der Waals surface area (Å²) in [5.74, 6) is -0.226. The van der Waals surface area contributed by atoms with Gasteiger partial charge in [0, 0.05) is 30.3 Å². The predicted molar refractivity (Wildman–Crippen MR) is 80.1 cm³/mol. The topological polar surface area (TPSA) is 38.5 Å². The van der Waals surface area contributed by atoms with E-state index < -0.39 is 0 Å². The number of nitrogens with two attached hydrogens (primary N) is 1. The highest BCUT2D eigenvalue weighted by Crippen LogP contribution is 2.30. The Morgan fingerprint density at radius 1 is 1.45 bits per heavy atom. The number of nitrogens with zero attached hydrogens (tertiary/aromatic N) is 1. The van der Waals surface area contributed by atoms with Crippen molar-refractivity contribution in [2.24, 2.45) is 5.73 Å². The van der Waals surface area contributed by atoms with Crippen LogP contribution >= 0.6 is 12.2 Å². The number of rotatable bonds is 3. The van der Waals surface area contributed by atoms with Crippen molar-refractivity contribution in [3.63, 3.8) is 0 Å². The summed E-state index contributed by atoms with van der Waals surface area (Å²) in [6.07, 6.45) is 3.82. The van der Waals surface area contributed by atoms with Gasteiger partial charge in [-0.05, 0) is 25.3 Å². The highest BCUT2D eigenvalue weighted by molar-refractivity contribution is 7.80. The molecule has 0 aromatic heterocycles. The zero-order valence-corrected chi connectivity index (χ0v) is 12.2. The molecule has 2 aliphatic rings. The molecule has 1 aliphatic heterocycles. The number of hydrogen-bond acceptors (Lipinski definition) is 3. The Bertz CT molecular complexity index is 523. The first kappa shape index (κ1) is 13.9. The summed E-state index contributed by atoms with van der Waals surface area (Å²) in [5, 5.41) is 0. The van der Waals surface area contributed by atoms with E-state index in [1.165, 1.54) is 12.5 Å². The van der Waals surface area contributed by atoms with E-state index in [2.05, 4.69) is 4.90 Å². The quantitative estimate of drug-likeness (QED) is 0.868. The van der Waals surface area contributed by atoms with Crippen LogP contribution in [0.3, 0.4) is 0 Å². The molecule has 2 unspecified atom stereocenters. The van der Waals surface area contributed by atoms with Gasteiger partial charge in [-0.25, -0.2) is 4.39 Å². The summed E-state index contributed by atoms with van der Waals surface area (Å²) in [6.45, 7) is 2.25. The maximum atomic E-state index is 14.1. The van der Waals surface area contributed by atoms with Gasteiger partial charge in [0.25, 0.3) is 0 Å². The second kappa shape index (κ2) is 5.76. The van der Waals surface area contributed by atoms with Crippen LogP contribution in [0, 0.1) is 5.82 Å². The molecule has 1 saturated carbocycles. The van der Waals surface area contributed by atoms with Gasteiger partial charge in [-0.15, -0.1) is 0 Å². The van der Waals surface area contributed by atoms with Crippen LogP contribution in [-0.2, 0) is 11.3 Å². The number of ether oxygens (including phenoxy) is 1. The number of hydrogen-bond donors (Lipinski definition) is 1. The minimum atomic E-state index is -0.226. The Morgan fingerprint density at radius 2 is 2.30 bits per heavy atom. The summed E-state index contributed by atoms with van der Waals surface area (Å²) < 4.78 is 19.9. The minimum Gasteiger partial charge on any atom is -0.389 e. The lowest BCUT2D eigenvalue weighted by molar-refractivity contribution is -0.0591. The van der Waals surface area contributed by atoms with Crippen molar-refractivity contribution in [2.75, 3.05) is 13.2 Å². The number of thiocarbonyl (C=S) groups is 1. The van der Waals surface area contributed by atoms with Crippen molar-refractivity contribution in [1.29, 1.82) is 0 Å². The first-order chi connectivity index (χ1) is 9.65. The van der Waals surface area contributed by atoms with Crippen molar-refractivity contribution in [2.45, 2.75) is 38.0 Å². The molecular formula is C15H19FN2OS. The summed E-state index contributed by atoms with van der Waals surface area (Å²) in [5.41, 5.74) is 6.82. The monoisotopic (exact) mass is 294 g/mol. The fraction of sp³-hybridized carbons (Fsp3) is 0.533. The van der Waals surface area contributed by atoms with Gasteiger partial charge < -0.3 is 10.5 Å². The Balaban J connectivity index is 1.75. The molecule has 2 N–H and O–H groups in total. The summed E-state index contributed by atoms with van der Waals surface area (Å²) in [7, 11) is 0. The van der Waals surface area contributed by atoms with E-state index in [1.807, 2.05) is 0 Å². The first-order valence-corrected chi connectivity index (χ1v) is 7.50. The molecule has 3 rings (SSSR count). The van der Waals surface area contributed by atoms with E-state index >= 15 is 0 Å². The Kier molecular flexibility index (Phi) is 4.01. The summed E-state index contributed by atoms with van der Waals surface area (Å²) in [6, 6.07) is 5.47. The van der Waals surface area contributed by atoms with Crippen molar-refractivity contribution >= 4 is 17.2 Å². The standard InChI is InChI=1S/C15H19FN2OS/c16-12-8-10(15(17)20)4-5-11(12)9-18-6-7-19-14-3-1-2-13(14)18/h4-5,8,13-14H,1-3,6-7,9H2,(H2,17,20). The van der Waals surface area contributed by atoms with E-state index in [0.717, 1.165) is 26.0 Å². The molecule has 1 saturated heterocycles. The molecule has 20 heavy (non-hydrogen) atoms. The lowest BCUT2D eigenvalue weighted by atomic mass is 10.1. The zero-order chi connectivity index (χ0) is 14.1. The Morgan fingerprint density at radius 3 is 3.05 bits per heavy atom. The SMILES string of the molecule is NC(=S)c1ccc(CN2CCOC3CCCC32)c(F)c1. The van der Waals surface area contributed by atoms with E-state index in [0.29, 0.717) is 29.8 Å². The van der Waals surface area contributed by atoms with E-state index in [1.54, 1.807) is 12.1 Å². The largest absolute Gasteiger partial charge is 0.389 e. The maximum Gasteiger partial charge on any atom is 0.128 e. The van der Waals surface area contributed by atoms with Gasteiger partial charge in [0.1, 0.15) is 10.8 Å². The highest BCUT2D eigenvalue weighted by atomic mass is 32.1. The maximum absolute atomic E-state index is 14.1. The number of benzene rings is 1. The van der Waals surface area contributed by atoms with Gasteiger partial charge in [0.15, 0.2) is 0 Å². The third kappa shape index (κ3) is 2.71. The number of morpholine rings is 1. The fourth-order valence-electron chi connectivity index (χ4n) is 3.25. The second-order valence-electron chi connectivity index (χ2n) is 5.55. The third-order valence-electron chi connectivity index (χ3n) is 4.31. The van der Waals surface area contributed by atoms with Crippen molar-refractivity contribution in [1.82, 2.24) is 4.90 Å². The van der Waals surface area contributed by atoms with Gasteiger partial charge in [-0.2, -0.15) is 0 Å². The van der Waals surface area contributed by atoms with Crippen LogP contribution in [-0.4, -0.2) is 35.2 Å². The summed E-state index contributed by atoms with van der Waals surface area (Å²) in [4.78, 5) is 2.58. The molecule has 1 aromatic carbocycles. The van der Waals surface area contributed by atoms with Crippen LogP contribution in [0.5, 0.6) is 0 Å². The molecule has 0 amide bonds. The summed E-state index contributed by atoms with van der Waals surface area (Å²) >= 11 is 4.87. The number of halogens is 1. The second-order valence-corrected chi connectivity index (χ2v) is 5.99. The van der Waals surface area contributed by atoms with Crippen molar-refractivity contribution < 1.29 is 9.13 Å². The molecule has 1 aromatic rings. The lowest BCUT2D eigenvalue weighted by Crippen LogP contribution is -2.47. The molecule has 0 radical (unpaired) electrons. The van der Waals surface area contributed by atoms with Gasteiger partial charge in [0.05, 0.1) is 12.7 Å². The van der Waals surface area contributed by atoms with Crippen LogP contribution < -0.4 is 5.73 Å².